The van der Waals surface area contributed by atoms with Gasteiger partial charge in [0.15, 0.2) is 0 Å². The van der Waals surface area contributed by atoms with Crippen molar-refractivity contribution in [1.82, 2.24) is 14.8 Å². The molecule has 1 aliphatic carbocycles. The van der Waals surface area contributed by atoms with Crippen molar-refractivity contribution in [3.8, 4) is 22.4 Å². The summed E-state index contributed by atoms with van der Waals surface area (Å²) in [6, 6.07) is 12.2. The number of anilines is 1. The Labute approximate surface area is 210 Å². The Kier molecular flexibility index (Phi) is 11.4. The molecular formula is C29H41N5O. The number of nitrogens with two attached hydrogens (primary N) is 1. The number of nitrogens with zero attached hydrogens (tertiary/aromatic N) is 4. The van der Waals surface area contributed by atoms with Crippen LogP contribution in [0.15, 0.2) is 59.9 Å². The van der Waals surface area contributed by atoms with E-state index >= 15 is 0 Å². The van der Waals surface area contributed by atoms with Crippen LogP contribution in [0, 0.1) is 5.92 Å². The number of aryl methyl sites for hydroxylation is 1. The molecule has 4 rings (SSSR count). The molecule has 6 nitrogen and oxygen atoms in total. The maximum absolute atomic E-state index is 9.03. The van der Waals surface area contributed by atoms with Gasteiger partial charge in [-0.3, -0.25) is 9.67 Å². The Hall–Kier alpha value is -3.25. The molecule has 35 heavy (non-hydrogen) atoms. The number of benzene rings is 1. The van der Waals surface area contributed by atoms with Crippen molar-refractivity contribution in [2.24, 2.45) is 18.0 Å². The van der Waals surface area contributed by atoms with Crippen molar-refractivity contribution in [3.63, 3.8) is 0 Å². The predicted octanol–water partition coefficient (Wildman–Crippen LogP) is 6.42. The van der Waals surface area contributed by atoms with Gasteiger partial charge in [0.05, 0.1) is 18.0 Å². The Balaban J connectivity index is 0.000000363. The first-order chi connectivity index (χ1) is 16.9. The first-order valence-electron chi connectivity index (χ1n) is 12.5. The zero-order valence-electron chi connectivity index (χ0n) is 22.1. The second kappa shape index (κ2) is 14.2. The number of pyridine rings is 1. The summed E-state index contributed by atoms with van der Waals surface area (Å²) in [5.41, 5.74) is 12.1. The lowest BCUT2D eigenvalue weighted by Gasteiger charge is -2.21. The maximum Gasteiger partial charge on any atom is 0.132 e. The second-order valence-corrected chi connectivity index (χ2v) is 8.66. The lowest BCUT2D eigenvalue weighted by atomic mass is 9.89. The van der Waals surface area contributed by atoms with E-state index in [1.165, 1.54) is 12.8 Å². The summed E-state index contributed by atoms with van der Waals surface area (Å²) in [5.74, 6) is 1.36. The highest BCUT2D eigenvalue weighted by Gasteiger charge is 2.14. The molecule has 2 aromatic heterocycles. The first-order valence-corrected chi connectivity index (χ1v) is 12.5. The quantitative estimate of drug-likeness (QED) is 0.426. The zero-order chi connectivity index (χ0) is 25.8. The summed E-state index contributed by atoms with van der Waals surface area (Å²) in [4.78, 5) is 8.66. The van der Waals surface area contributed by atoms with Gasteiger partial charge in [-0.15, -0.1) is 0 Å². The zero-order valence-corrected chi connectivity index (χ0v) is 22.1. The van der Waals surface area contributed by atoms with Crippen LogP contribution >= 0.6 is 0 Å². The Morgan fingerprint density at radius 3 is 2.31 bits per heavy atom. The molecule has 0 saturated heterocycles. The van der Waals surface area contributed by atoms with Gasteiger partial charge in [-0.1, -0.05) is 45.0 Å². The highest BCUT2D eigenvalue weighted by atomic mass is 16.3. The molecule has 1 aliphatic rings. The average molecular weight is 476 g/mol. The predicted molar refractivity (Wildman–Crippen MR) is 149 cm³/mol. The van der Waals surface area contributed by atoms with Gasteiger partial charge in [0.1, 0.15) is 5.82 Å². The standard InChI is InChI=1S/C20H21N5.C7H14O.C2H6/c1-4-14(11-22-2)18-8-9-19(24-20(18)21)16-7-5-6-15(10-16)17-12-23-25(3)13-17;1-6-2-4-7(8)5-3-6;1-2/h4-13H,1-3H3,(H2,21,24);6-8H,2-5H2,1H3;1-2H3/b14-4+,22-11?;;. The SMILES string of the molecule is C/C=C(\C=NC)c1ccc(-c2cccc(-c3cnn(C)c3)c2)nc1N.CC.CC1CCC(O)CC1. The minimum absolute atomic E-state index is 0.0196. The van der Waals surface area contributed by atoms with Crippen LogP contribution in [-0.2, 0) is 7.05 Å². The van der Waals surface area contributed by atoms with Crippen molar-refractivity contribution in [3.05, 3.63) is 60.4 Å². The molecule has 1 saturated carbocycles. The Bertz CT molecular complexity index is 1100. The lowest BCUT2D eigenvalue weighted by molar-refractivity contribution is 0.112. The fraction of sp³-hybridized carbons (Fsp3) is 0.414. The number of aliphatic hydroxyl groups excluding tert-OH is 1. The third-order valence-corrected chi connectivity index (χ3v) is 6.00. The summed E-state index contributed by atoms with van der Waals surface area (Å²) in [7, 11) is 3.65. The number of aromatic nitrogens is 3. The second-order valence-electron chi connectivity index (χ2n) is 8.66. The molecule has 0 bridgehead atoms. The van der Waals surface area contributed by atoms with Gasteiger partial charge in [-0.05, 0) is 67.9 Å². The molecule has 0 atom stereocenters. The normalized spacial score (nSPS) is 17.9. The molecule has 188 valence electrons. The molecular weight excluding hydrogens is 434 g/mol. The van der Waals surface area contributed by atoms with Crippen LogP contribution in [0.2, 0.25) is 0 Å². The molecule has 0 aliphatic heterocycles. The van der Waals surface area contributed by atoms with E-state index in [1.807, 2.05) is 70.6 Å². The van der Waals surface area contributed by atoms with Crippen molar-refractivity contribution in [2.75, 3.05) is 12.8 Å². The van der Waals surface area contributed by atoms with E-state index in [-0.39, 0.29) is 6.10 Å². The Morgan fingerprint density at radius 2 is 1.77 bits per heavy atom. The monoisotopic (exact) mass is 475 g/mol. The lowest BCUT2D eigenvalue weighted by Crippen LogP contribution is -2.15. The minimum atomic E-state index is 0.0196. The summed E-state index contributed by atoms with van der Waals surface area (Å²) >= 11 is 0. The topological polar surface area (TPSA) is 89.3 Å². The fourth-order valence-corrected chi connectivity index (χ4v) is 3.99. The fourth-order valence-electron chi connectivity index (χ4n) is 3.99. The van der Waals surface area contributed by atoms with E-state index in [0.717, 1.165) is 52.3 Å². The van der Waals surface area contributed by atoms with Gasteiger partial charge < -0.3 is 10.8 Å². The third-order valence-electron chi connectivity index (χ3n) is 6.00. The third kappa shape index (κ3) is 8.18. The van der Waals surface area contributed by atoms with Gasteiger partial charge in [0, 0.05) is 43.2 Å². The molecule has 2 heterocycles. The number of nitrogen functional groups attached to an aromatic ring is 1. The molecule has 1 fully saturated rings. The van der Waals surface area contributed by atoms with Gasteiger partial charge in [0.2, 0.25) is 0 Å². The molecule has 3 N–H and O–H groups in total. The summed E-state index contributed by atoms with van der Waals surface area (Å²) in [5, 5.41) is 13.3. The van der Waals surface area contributed by atoms with E-state index in [1.54, 1.807) is 17.9 Å². The molecule has 0 radical (unpaired) electrons. The summed E-state index contributed by atoms with van der Waals surface area (Å²) < 4.78 is 1.79. The summed E-state index contributed by atoms with van der Waals surface area (Å²) in [6.45, 7) is 8.22. The smallest absolute Gasteiger partial charge is 0.132 e. The van der Waals surface area contributed by atoms with Crippen LogP contribution in [0.4, 0.5) is 5.82 Å². The number of hydrogen-bond acceptors (Lipinski definition) is 5. The number of rotatable bonds is 4. The van der Waals surface area contributed by atoms with Crippen LogP contribution in [-0.4, -0.2) is 39.2 Å². The highest BCUT2D eigenvalue weighted by Crippen LogP contribution is 2.28. The highest BCUT2D eigenvalue weighted by molar-refractivity contribution is 6.11. The number of aliphatic hydroxyl groups is 1. The number of allylic oxidation sites excluding steroid dienone is 2. The summed E-state index contributed by atoms with van der Waals surface area (Å²) in [6.07, 6.45) is 12.1. The van der Waals surface area contributed by atoms with Gasteiger partial charge >= 0.3 is 0 Å². The maximum atomic E-state index is 9.03. The molecule has 0 unspecified atom stereocenters. The first kappa shape index (κ1) is 28.0. The van der Waals surface area contributed by atoms with E-state index in [4.69, 9.17) is 10.8 Å². The van der Waals surface area contributed by atoms with E-state index < -0.39 is 0 Å². The van der Waals surface area contributed by atoms with Crippen molar-refractivity contribution >= 4 is 17.6 Å². The van der Waals surface area contributed by atoms with E-state index in [0.29, 0.717) is 5.82 Å². The molecule has 0 amide bonds. The molecule has 3 aromatic rings. The molecule has 6 heteroatoms. The van der Waals surface area contributed by atoms with Crippen molar-refractivity contribution in [2.45, 2.75) is 59.5 Å². The average Bonchev–Trinajstić information content (AvgIpc) is 3.32. The van der Waals surface area contributed by atoms with E-state index in [9.17, 15) is 0 Å². The van der Waals surface area contributed by atoms with Gasteiger partial charge in [-0.2, -0.15) is 5.10 Å². The minimum Gasteiger partial charge on any atom is -0.393 e. The van der Waals surface area contributed by atoms with Crippen LogP contribution in [0.1, 0.15) is 58.9 Å². The van der Waals surface area contributed by atoms with Crippen molar-refractivity contribution in [1.29, 1.82) is 0 Å². The van der Waals surface area contributed by atoms with E-state index in [2.05, 4.69) is 34.1 Å². The number of hydrogen-bond donors (Lipinski definition) is 2. The Morgan fingerprint density at radius 1 is 1.09 bits per heavy atom. The largest absolute Gasteiger partial charge is 0.393 e. The van der Waals surface area contributed by atoms with Crippen LogP contribution in [0.3, 0.4) is 0 Å². The molecule has 1 aromatic carbocycles. The molecule has 0 spiro atoms. The number of aliphatic imine (C=N–C) groups is 1. The van der Waals surface area contributed by atoms with Crippen LogP contribution < -0.4 is 5.73 Å². The van der Waals surface area contributed by atoms with Crippen molar-refractivity contribution < 1.29 is 5.11 Å². The van der Waals surface area contributed by atoms with Crippen LogP contribution in [0.25, 0.3) is 28.0 Å². The van der Waals surface area contributed by atoms with Crippen LogP contribution in [0.5, 0.6) is 0 Å². The van der Waals surface area contributed by atoms with Gasteiger partial charge in [0.25, 0.3) is 0 Å². The van der Waals surface area contributed by atoms with Gasteiger partial charge in [-0.25, -0.2) is 4.98 Å².